The number of benzene rings is 1. The lowest BCUT2D eigenvalue weighted by Gasteiger charge is -2.38. The molecule has 2 rings (SSSR count). The monoisotopic (exact) mass is 260 g/mol. The fourth-order valence-electron chi connectivity index (χ4n) is 2.37. The van der Waals surface area contributed by atoms with E-state index in [0.29, 0.717) is 12.6 Å². The molecule has 0 aliphatic carbocycles. The molecule has 1 atom stereocenters. The molecule has 0 bridgehead atoms. The zero-order valence-electron chi connectivity index (χ0n) is 11.0. The van der Waals surface area contributed by atoms with E-state index in [9.17, 15) is 0 Å². The number of terminal acetylenes is 1. The lowest BCUT2D eigenvalue weighted by Crippen LogP contribution is -2.51. The highest BCUT2D eigenvalue weighted by molar-refractivity contribution is 5.50. The van der Waals surface area contributed by atoms with Gasteiger partial charge in [0.2, 0.25) is 0 Å². The van der Waals surface area contributed by atoms with Gasteiger partial charge in [-0.2, -0.15) is 0 Å². The second kappa shape index (κ2) is 7.03. The van der Waals surface area contributed by atoms with Crippen LogP contribution in [0.4, 0.5) is 5.69 Å². The van der Waals surface area contributed by atoms with E-state index in [1.807, 2.05) is 24.3 Å². The molecule has 1 unspecified atom stereocenters. The molecule has 0 saturated carbocycles. The molecule has 4 heteroatoms. The maximum absolute atomic E-state index is 9.13. The minimum absolute atomic E-state index is 0.214. The average molecular weight is 260 g/mol. The molecular formula is C15H20N2O2. The molecule has 1 aliphatic heterocycles. The van der Waals surface area contributed by atoms with Gasteiger partial charge in [-0.25, -0.2) is 0 Å². The number of hydrogen-bond acceptors (Lipinski definition) is 4. The number of ether oxygens (including phenoxy) is 1. The van der Waals surface area contributed by atoms with Crippen molar-refractivity contribution in [1.29, 1.82) is 0 Å². The van der Waals surface area contributed by atoms with Crippen molar-refractivity contribution in [2.75, 3.05) is 37.7 Å². The normalized spacial score (nSPS) is 18.9. The first-order chi connectivity index (χ1) is 9.35. The van der Waals surface area contributed by atoms with Crippen molar-refractivity contribution in [3.05, 3.63) is 24.3 Å². The Hall–Kier alpha value is -1.70. The van der Waals surface area contributed by atoms with Crippen molar-refractivity contribution in [1.82, 2.24) is 5.32 Å². The van der Waals surface area contributed by atoms with Crippen LogP contribution in [0.15, 0.2) is 24.3 Å². The Morgan fingerprint density at radius 1 is 1.42 bits per heavy atom. The van der Waals surface area contributed by atoms with Crippen molar-refractivity contribution in [2.45, 2.75) is 12.5 Å². The third-order valence-corrected chi connectivity index (χ3v) is 3.30. The third kappa shape index (κ3) is 3.63. The Kier molecular flexibility index (Phi) is 5.08. The second-order valence-electron chi connectivity index (χ2n) is 4.55. The Balaban J connectivity index is 2.04. The van der Waals surface area contributed by atoms with Gasteiger partial charge in [-0.15, -0.1) is 6.42 Å². The van der Waals surface area contributed by atoms with Gasteiger partial charge in [0.15, 0.2) is 0 Å². The summed E-state index contributed by atoms with van der Waals surface area (Å²) in [7, 11) is 0. The maximum Gasteiger partial charge on any atom is 0.148 e. The van der Waals surface area contributed by atoms with Crippen LogP contribution >= 0.6 is 0 Å². The van der Waals surface area contributed by atoms with E-state index < -0.39 is 0 Å². The van der Waals surface area contributed by atoms with Gasteiger partial charge >= 0.3 is 0 Å². The molecule has 1 aliphatic rings. The lowest BCUT2D eigenvalue weighted by molar-refractivity contribution is 0.266. The van der Waals surface area contributed by atoms with E-state index in [1.165, 1.54) is 0 Å². The summed E-state index contributed by atoms with van der Waals surface area (Å²) in [5.74, 6) is 3.24. The molecule has 1 saturated heterocycles. The highest BCUT2D eigenvalue weighted by Crippen LogP contribution is 2.23. The number of aliphatic hydroxyl groups is 1. The number of rotatable bonds is 5. The van der Waals surface area contributed by atoms with Gasteiger partial charge < -0.3 is 20.1 Å². The number of nitrogens with zero attached hydrogens (tertiary/aromatic N) is 1. The van der Waals surface area contributed by atoms with Crippen LogP contribution in [0.25, 0.3) is 0 Å². The van der Waals surface area contributed by atoms with E-state index >= 15 is 0 Å². The van der Waals surface area contributed by atoms with Gasteiger partial charge in [-0.3, -0.25) is 0 Å². The molecule has 1 heterocycles. The Bertz CT molecular complexity index is 423. The summed E-state index contributed by atoms with van der Waals surface area (Å²) in [5.41, 5.74) is 1.16. The zero-order chi connectivity index (χ0) is 13.5. The van der Waals surface area contributed by atoms with Gasteiger partial charge in [-0.05, 0) is 30.7 Å². The van der Waals surface area contributed by atoms with E-state index in [0.717, 1.165) is 37.5 Å². The van der Waals surface area contributed by atoms with Crippen LogP contribution in [0.2, 0.25) is 0 Å². The molecule has 4 nitrogen and oxygen atoms in total. The number of piperazine rings is 1. The highest BCUT2D eigenvalue weighted by Gasteiger charge is 2.21. The molecule has 1 fully saturated rings. The molecule has 102 valence electrons. The van der Waals surface area contributed by atoms with Crippen LogP contribution in [0.1, 0.15) is 6.42 Å². The van der Waals surface area contributed by atoms with Crippen molar-refractivity contribution >= 4 is 5.69 Å². The number of anilines is 1. The molecule has 0 spiro atoms. The fourth-order valence-corrected chi connectivity index (χ4v) is 2.37. The van der Waals surface area contributed by atoms with Crippen LogP contribution in [-0.4, -0.2) is 44.0 Å². The summed E-state index contributed by atoms with van der Waals surface area (Å²) in [5, 5.41) is 12.5. The summed E-state index contributed by atoms with van der Waals surface area (Å²) in [6.07, 6.45) is 5.94. The standard InChI is InChI=1S/C15H20N2O2/c1-2-11-19-15-5-3-13(4-6-15)17-9-8-16-12-14(17)7-10-18/h1,3-6,14,16,18H,7-12H2. The Morgan fingerprint density at radius 2 is 2.21 bits per heavy atom. The van der Waals surface area contributed by atoms with E-state index in [1.54, 1.807) is 0 Å². The van der Waals surface area contributed by atoms with E-state index in [4.69, 9.17) is 16.3 Å². The average Bonchev–Trinajstić information content (AvgIpc) is 2.47. The quantitative estimate of drug-likeness (QED) is 0.771. The molecule has 1 aromatic rings. The zero-order valence-corrected chi connectivity index (χ0v) is 11.0. The van der Waals surface area contributed by atoms with Gasteiger partial charge in [0, 0.05) is 38.0 Å². The van der Waals surface area contributed by atoms with Crippen LogP contribution in [0, 0.1) is 12.3 Å². The van der Waals surface area contributed by atoms with Gasteiger partial charge in [0.1, 0.15) is 12.4 Å². The summed E-state index contributed by atoms with van der Waals surface area (Å²) in [6, 6.07) is 8.30. The molecule has 19 heavy (non-hydrogen) atoms. The van der Waals surface area contributed by atoms with E-state index in [-0.39, 0.29) is 6.61 Å². The SMILES string of the molecule is C#CCOc1ccc(N2CCNCC2CCO)cc1. The molecular weight excluding hydrogens is 240 g/mol. The van der Waals surface area contributed by atoms with Gasteiger partial charge in [-0.1, -0.05) is 5.92 Å². The topological polar surface area (TPSA) is 44.7 Å². The van der Waals surface area contributed by atoms with Crippen molar-refractivity contribution in [3.63, 3.8) is 0 Å². The summed E-state index contributed by atoms with van der Waals surface area (Å²) in [6.45, 7) is 3.34. The maximum atomic E-state index is 9.13. The molecule has 1 aromatic carbocycles. The minimum atomic E-state index is 0.214. The van der Waals surface area contributed by atoms with Crippen LogP contribution in [0.5, 0.6) is 5.75 Å². The first-order valence-corrected chi connectivity index (χ1v) is 6.59. The highest BCUT2D eigenvalue weighted by atomic mass is 16.5. The van der Waals surface area contributed by atoms with Crippen molar-refractivity contribution in [3.8, 4) is 18.1 Å². The third-order valence-electron chi connectivity index (χ3n) is 3.30. The Morgan fingerprint density at radius 3 is 2.89 bits per heavy atom. The first kappa shape index (κ1) is 13.7. The summed E-state index contributed by atoms with van der Waals surface area (Å²) < 4.78 is 5.36. The van der Waals surface area contributed by atoms with Gasteiger partial charge in [0.05, 0.1) is 0 Å². The number of aliphatic hydroxyl groups excluding tert-OH is 1. The molecule has 2 N–H and O–H groups in total. The lowest BCUT2D eigenvalue weighted by atomic mass is 10.1. The summed E-state index contributed by atoms with van der Waals surface area (Å²) in [4.78, 5) is 2.33. The largest absolute Gasteiger partial charge is 0.481 e. The smallest absolute Gasteiger partial charge is 0.148 e. The van der Waals surface area contributed by atoms with E-state index in [2.05, 4.69) is 16.1 Å². The minimum Gasteiger partial charge on any atom is -0.481 e. The van der Waals surface area contributed by atoms with Crippen molar-refractivity contribution < 1.29 is 9.84 Å². The molecule has 0 aromatic heterocycles. The van der Waals surface area contributed by atoms with Crippen LogP contribution in [-0.2, 0) is 0 Å². The predicted molar refractivity (Wildman–Crippen MR) is 76.5 cm³/mol. The number of nitrogens with one attached hydrogen (secondary N) is 1. The predicted octanol–water partition coefficient (Wildman–Crippen LogP) is 0.859. The van der Waals surface area contributed by atoms with Gasteiger partial charge in [0.25, 0.3) is 0 Å². The fraction of sp³-hybridized carbons (Fsp3) is 0.467. The first-order valence-electron chi connectivity index (χ1n) is 6.59. The van der Waals surface area contributed by atoms with Crippen molar-refractivity contribution in [2.24, 2.45) is 0 Å². The van der Waals surface area contributed by atoms with Crippen LogP contribution < -0.4 is 15.0 Å². The van der Waals surface area contributed by atoms with Crippen LogP contribution in [0.3, 0.4) is 0 Å². The number of hydrogen-bond donors (Lipinski definition) is 2. The summed E-state index contributed by atoms with van der Waals surface area (Å²) >= 11 is 0. The second-order valence-corrected chi connectivity index (χ2v) is 4.55. The molecule has 0 amide bonds. The Labute approximate surface area is 114 Å². The molecule has 0 radical (unpaired) electrons.